The van der Waals surface area contributed by atoms with Gasteiger partial charge in [0.1, 0.15) is 17.4 Å². The first-order valence-electron chi connectivity index (χ1n) is 9.00. The Labute approximate surface area is 170 Å². The van der Waals surface area contributed by atoms with Crippen molar-refractivity contribution in [3.63, 3.8) is 0 Å². The maximum absolute atomic E-state index is 13.1. The standard InChI is InChI=1S/C20H19ClN4O2S/c1-3-15(19(26)22-11-13-4-6-14(21)7-5-13)25-20(27)17-10-18-16(8-9-28-18)24(17)12(2)23-25/h4-10,15H,3,11H2,1-2H3,(H,22,26). The Bertz CT molecular complexity index is 1220. The molecule has 8 heteroatoms. The lowest BCUT2D eigenvalue weighted by Crippen LogP contribution is -2.39. The first-order chi connectivity index (χ1) is 13.5. The number of fused-ring (bicyclic) bond motifs is 3. The highest BCUT2D eigenvalue weighted by atomic mass is 35.5. The number of nitrogens with one attached hydrogen (secondary N) is 1. The zero-order valence-electron chi connectivity index (χ0n) is 15.5. The van der Waals surface area contributed by atoms with Crippen LogP contribution in [0.1, 0.15) is 30.8 Å². The minimum Gasteiger partial charge on any atom is -0.350 e. The minimum atomic E-state index is -0.670. The molecule has 1 amide bonds. The quantitative estimate of drug-likeness (QED) is 0.537. The van der Waals surface area contributed by atoms with E-state index >= 15 is 0 Å². The number of halogens is 1. The highest BCUT2D eigenvalue weighted by molar-refractivity contribution is 7.17. The van der Waals surface area contributed by atoms with Gasteiger partial charge in [0.2, 0.25) is 5.91 Å². The average Bonchev–Trinajstić information content (AvgIpc) is 3.27. The van der Waals surface area contributed by atoms with Crippen LogP contribution in [0.5, 0.6) is 0 Å². The highest BCUT2D eigenvalue weighted by Crippen LogP contribution is 2.25. The number of aryl methyl sites for hydroxylation is 1. The van der Waals surface area contributed by atoms with Gasteiger partial charge < -0.3 is 5.32 Å². The minimum absolute atomic E-state index is 0.232. The molecule has 0 aliphatic carbocycles. The van der Waals surface area contributed by atoms with Gasteiger partial charge in [-0.25, -0.2) is 4.68 Å². The number of amides is 1. The Hall–Kier alpha value is -2.64. The smallest absolute Gasteiger partial charge is 0.291 e. The zero-order valence-corrected chi connectivity index (χ0v) is 17.0. The van der Waals surface area contributed by atoms with Gasteiger partial charge in [0, 0.05) is 11.6 Å². The molecule has 4 aromatic rings. The van der Waals surface area contributed by atoms with Crippen molar-refractivity contribution in [2.45, 2.75) is 32.9 Å². The second-order valence-corrected chi connectivity index (χ2v) is 7.98. The van der Waals surface area contributed by atoms with Gasteiger partial charge in [0.05, 0.1) is 10.2 Å². The van der Waals surface area contributed by atoms with E-state index < -0.39 is 6.04 Å². The summed E-state index contributed by atoms with van der Waals surface area (Å²) in [5.41, 5.74) is 2.18. The van der Waals surface area contributed by atoms with Gasteiger partial charge in [0.25, 0.3) is 5.56 Å². The number of carbonyl (C=O) groups is 1. The summed E-state index contributed by atoms with van der Waals surface area (Å²) >= 11 is 7.47. The van der Waals surface area contributed by atoms with Crippen LogP contribution in [0.2, 0.25) is 5.02 Å². The number of hydrogen-bond donors (Lipinski definition) is 1. The van der Waals surface area contributed by atoms with E-state index in [1.165, 1.54) is 4.68 Å². The van der Waals surface area contributed by atoms with Crippen molar-refractivity contribution in [2.75, 3.05) is 0 Å². The molecule has 1 aromatic carbocycles. The van der Waals surface area contributed by atoms with Crippen LogP contribution in [-0.4, -0.2) is 20.1 Å². The van der Waals surface area contributed by atoms with Gasteiger partial charge in [0.15, 0.2) is 0 Å². The van der Waals surface area contributed by atoms with Gasteiger partial charge in [-0.05, 0) is 48.6 Å². The predicted octanol–water partition coefficient (Wildman–Crippen LogP) is 3.94. The molecule has 1 N–H and O–H groups in total. The molecule has 0 radical (unpaired) electrons. The van der Waals surface area contributed by atoms with E-state index in [9.17, 15) is 9.59 Å². The summed E-state index contributed by atoms with van der Waals surface area (Å²) in [5.74, 6) is 0.441. The molecular weight excluding hydrogens is 396 g/mol. The monoisotopic (exact) mass is 414 g/mol. The fraction of sp³-hybridized carbons (Fsp3) is 0.250. The SMILES string of the molecule is CCC(C(=O)NCc1ccc(Cl)cc1)n1nc(C)n2c(cc3sccc32)c1=O. The number of carbonyl (C=O) groups excluding carboxylic acids is 1. The Balaban J connectivity index is 1.66. The van der Waals surface area contributed by atoms with Crippen molar-refractivity contribution >= 4 is 44.6 Å². The van der Waals surface area contributed by atoms with Crippen LogP contribution >= 0.6 is 22.9 Å². The molecular formula is C20H19ClN4O2S. The molecule has 4 rings (SSSR count). The predicted molar refractivity (Wildman–Crippen MR) is 112 cm³/mol. The molecule has 0 spiro atoms. The number of benzene rings is 1. The summed E-state index contributed by atoms with van der Waals surface area (Å²) in [6.07, 6.45) is 0.462. The lowest BCUT2D eigenvalue weighted by molar-refractivity contribution is -0.125. The molecule has 144 valence electrons. The largest absolute Gasteiger partial charge is 0.350 e. The fourth-order valence-corrected chi connectivity index (χ4v) is 4.31. The Morgan fingerprint density at radius 1 is 1.25 bits per heavy atom. The average molecular weight is 415 g/mol. The summed E-state index contributed by atoms with van der Waals surface area (Å²) in [4.78, 5) is 25.8. The van der Waals surface area contributed by atoms with Gasteiger partial charge in [-0.15, -0.1) is 11.3 Å². The second-order valence-electron chi connectivity index (χ2n) is 6.60. The van der Waals surface area contributed by atoms with Gasteiger partial charge >= 0.3 is 0 Å². The second kappa shape index (κ2) is 7.41. The molecule has 0 bridgehead atoms. The Morgan fingerprint density at radius 3 is 2.71 bits per heavy atom. The summed E-state index contributed by atoms with van der Waals surface area (Å²) < 4.78 is 4.19. The molecule has 1 unspecified atom stereocenters. The van der Waals surface area contributed by atoms with Gasteiger partial charge in [-0.1, -0.05) is 30.7 Å². The fourth-order valence-electron chi connectivity index (χ4n) is 3.38. The molecule has 6 nitrogen and oxygen atoms in total. The molecule has 0 saturated heterocycles. The van der Waals surface area contributed by atoms with Crippen LogP contribution in [0, 0.1) is 6.92 Å². The normalized spacial score (nSPS) is 12.5. The van der Waals surface area contributed by atoms with Crippen molar-refractivity contribution in [2.24, 2.45) is 0 Å². The third kappa shape index (κ3) is 3.21. The molecule has 0 aliphatic heterocycles. The van der Waals surface area contributed by atoms with E-state index in [1.54, 1.807) is 23.5 Å². The number of nitrogens with zero attached hydrogens (tertiary/aromatic N) is 3. The molecule has 1 atom stereocenters. The lowest BCUT2D eigenvalue weighted by Gasteiger charge is -2.18. The van der Waals surface area contributed by atoms with Crippen molar-refractivity contribution in [1.29, 1.82) is 0 Å². The first kappa shape index (κ1) is 18.7. The van der Waals surface area contributed by atoms with Crippen molar-refractivity contribution in [1.82, 2.24) is 19.5 Å². The van der Waals surface area contributed by atoms with E-state index in [4.69, 9.17) is 11.6 Å². The van der Waals surface area contributed by atoms with E-state index in [0.29, 0.717) is 29.3 Å². The summed E-state index contributed by atoms with van der Waals surface area (Å²) in [6.45, 7) is 4.08. The maximum atomic E-state index is 13.1. The zero-order chi connectivity index (χ0) is 19.8. The highest BCUT2D eigenvalue weighted by Gasteiger charge is 2.23. The molecule has 0 aliphatic rings. The van der Waals surface area contributed by atoms with Crippen molar-refractivity contribution in [3.05, 3.63) is 68.5 Å². The van der Waals surface area contributed by atoms with Crippen molar-refractivity contribution in [3.8, 4) is 0 Å². The van der Waals surface area contributed by atoms with E-state index in [2.05, 4.69) is 10.4 Å². The third-order valence-corrected chi connectivity index (χ3v) is 5.90. The topological polar surface area (TPSA) is 68.4 Å². The summed E-state index contributed by atoms with van der Waals surface area (Å²) in [6, 6.07) is 10.4. The Kier molecular flexibility index (Phi) is 4.95. The lowest BCUT2D eigenvalue weighted by atomic mass is 10.2. The van der Waals surface area contributed by atoms with E-state index in [0.717, 1.165) is 15.8 Å². The van der Waals surface area contributed by atoms with Crippen LogP contribution in [-0.2, 0) is 11.3 Å². The Morgan fingerprint density at radius 2 is 2.00 bits per heavy atom. The number of hydrogen-bond acceptors (Lipinski definition) is 4. The van der Waals surface area contributed by atoms with Crippen molar-refractivity contribution < 1.29 is 4.79 Å². The number of rotatable bonds is 5. The summed E-state index contributed by atoms with van der Waals surface area (Å²) in [5, 5.41) is 9.99. The molecule has 0 fully saturated rings. The van der Waals surface area contributed by atoms with Crippen LogP contribution < -0.4 is 10.9 Å². The molecule has 3 aromatic heterocycles. The van der Waals surface area contributed by atoms with Crippen LogP contribution in [0.25, 0.3) is 15.7 Å². The van der Waals surface area contributed by atoms with E-state index in [1.807, 2.05) is 47.9 Å². The maximum Gasteiger partial charge on any atom is 0.291 e. The van der Waals surface area contributed by atoms with Gasteiger partial charge in [-0.2, -0.15) is 5.10 Å². The van der Waals surface area contributed by atoms with Crippen LogP contribution in [0.4, 0.5) is 0 Å². The van der Waals surface area contributed by atoms with Gasteiger partial charge in [-0.3, -0.25) is 14.0 Å². The van der Waals surface area contributed by atoms with E-state index in [-0.39, 0.29) is 11.5 Å². The molecule has 28 heavy (non-hydrogen) atoms. The molecule has 0 saturated carbocycles. The number of thiophene rings is 1. The van der Waals surface area contributed by atoms with Crippen LogP contribution in [0.15, 0.2) is 46.6 Å². The van der Waals surface area contributed by atoms with Crippen LogP contribution in [0.3, 0.4) is 0 Å². The molecule has 3 heterocycles. The first-order valence-corrected chi connectivity index (χ1v) is 10.3. The summed E-state index contributed by atoms with van der Waals surface area (Å²) in [7, 11) is 0. The third-order valence-electron chi connectivity index (χ3n) is 4.79. The number of aromatic nitrogens is 3.